The number of anilines is 1. The molecule has 19 heavy (non-hydrogen) atoms. The van der Waals surface area contributed by atoms with Gasteiger partial charge in [-0.05, 0) is 17.0 Å². The van der Waals surface area contributed by atoms with Crippen LogP contribution in [0.3, 0.4) is 0 Å². The second-order valence-corrected chi connectivity index (χ2v) is 5.76. The first-order valence-electron chi connectivity index (χ1n) is 5.91. The third-order valence-electron chi connectivity index (χ3n) is 2.44. The minimum Gasteiger partial charge on any atom is -0.424 e. The molecule has 0 aliphatic heterocycles. The molecule has 0 radical (unpaired) electrons. The molecule has 0 bridgehead atoms. The first kappa shape index (κ1) is 15.5. The van der Waals surface area contributed by atoms with Crippen molar-refractivity contribution in [1.82, 2.24) is 0 Å². The fraction of sp³-hybridized carbons (Fsp3) is 0.429. The van der Waals surface area contributed by atoms with E-state index in [9.17, 15) is 9.59 Å². The number of rotatable bonds is 2. The number of hydrogen-bond donors (Lipinski definition) is 1. The summed E-state index contributed by atoms with van der Waals surface area (Å²) < 4.78 is 5.06. The summed E-state index contributed by atoms with van der Waals surface area (Å²) in [6.45, 7) is 8.72. The Morgan fingerprint density at radius 1 is 1.21 bits per heavy atom. The van der Waals surface area contributed by atoms with Gasteiger partial charge in [0.15, 0.2) is 5.75 Å². The Balaban J connectivity index is 3.36. The summed E-state index contributed by atoms with van der Waals surface area (Å²) >= 11 is 6.20. The van der Waals surface area contributed by atoms with Crippen LogP contribution in [0.1, 0.15) is 40.2 Å². The zero-order chi connectivity index (χ0) is 14.8. The van der Waals surface area contributed by atoms with Gasteiger partial charge in [0.25, 0.3) is 0 Å². The van der Waals surface area contributed by atoms with Gasteiger partial charge in [0.1, 0.15) is 0 Å². The molecule has 0 saturated carbocycles. The Bertz CT molecular complexity index is 518. The van der Waals surface area contributed by atoms with Crippen molar-refractivity contribution in [3.63, 3.8) is 0 Å². The van der Waals surface area contributed by atoms with Crippen molar-refractivity contribution in [2.75, 3.05) is 5.32 Å². The summed E-state index contributed by atoms with van der Waals surface area (Å²) in [4.78, 5) is 22.3. The molecule has 4 nitrogen and oxygen atoms in total. The summed E-state index contributed by atoms with van der Waals surface area (Å²) in [5, 5.41) is 3.14. The average molecular weight is 284 g/mol. The van der Waals surface area contributed by atoms with E-state index in [1.165, 1.54) is 13.8 Å². The van der Waals surface area contributed by atoms with Crippen LogP contribution in [0.5, 0.6) is 5.75 Å². The average Bonchev–Trinajstić information content (AvgIpc) is 2.18. The minimum atomic E-state index is -0.467. The van der Waals surface area contributed by atoms with Crippen LogP contribution in [0.2, 0.25) is 5.02 Å². The molecule has 104 valence electrons. The smallest absolute Gasteiger partial charge is 0.308 e. The highest BCUT2D eigenvalue weighted by Crippen LogP contribution is 2.37. The lowest BCUT2D eigenvalue weighted by Crippen LogP contribution is -2.15. The lowest BCUT2D eigenvalue weighted by Gasteiger charge is -2.22. The summed E-state index contributed by atoms with van der Waals surface area (Å²) in [5.74, 6) is -0.456. The molecule has 1 N–H and O–H groups in total. The summed E-state index contributed by atoms with van der Waals surface area (Å²) in [6, 6.07) is 3.29. The number of ether oxygens (including phenoxy) is 1. The van der Waals surface area contributed by atoms with Crippen molar-refractivity contribution >= 4 is 29.2 Å². The Kier molecular flexibility index (Phi) is 4.58. The molecule has 5 heteroatoms. The van der Waals surface area contributed by atoms with Gasteiger partial charge in [0, 0.05) is 24.9 Å². The zero-order valence-corrected chi connectivity index (χ0v) is 12.5. The highest BCUT2D eigenvalue weighted by Gasteiger charge is 2.21. The highest BCUT2D eigenvalue weighted by molar-refractivity contribution is 6.31. The van der Waals surface area contributed by atoms with E-state index < -0.39 is 5.97 Å². The van der Waals surface area contributed by atoms with E-state index in [0.29, 0.717) is 10.7 Å². The fourth-order valence-corrected chi connectivity index (χ4v) is 2.09. The molecule has 0 aliphatic carbocycles. The van der Waals surface area contributed by atoms with E-state index in [0.717, 1.165) is 5.56 Å². The SMILES string of the molecule is CC(=O)Nc1cc(C(C)(C)C)c(Cl)cc1OC(C)=O. The van der Waals surface area contributed by atoms with Crippen LogP contribution in [0.25, 0.3) is 0 Å². The summed E-state index contributed by atoms with van der Waals surface area (Å²) in [5.41, 5.74) is 1.13. The number of nitrogens with one attached hydrogen (secondary N) is 1. The normalized spacial score (nSPS) is 11.1. The van der Waals surface area contributed by atoms with Gasteiger partial charge >= 0.3 is 5.97 Å². The van der Waals surface area contributed by atoms with Crippen LogP contribution in [-0.2, 0) is 15.0 Å². The topological polar surface area (TPSA) is 55.4 Å². The van der Waals surface area contributed by atoms with Gasteiger partial charge in [-0.1, -0.05) is 32.4 Å². The standard InChI is InChI=1S/C14H18ClNO3/c1-8(17)16-12-6-10(14(3,4)5)11(15)7-13(12)19-9(2)18/h6-7H,1-5H3,(H,16,17). The van der Waals surface area contributed by atoms with Gasteiger partial charge in [0.2, 0.25) is 5.91 Å². The van der Waals surface area contributed by atoms with E-state index >= 15 is 0 Å². The maximum atomic E-state index is 11.2. The van der Waals surface area contributed by atoms with Crippen LogP contribution < -0.4 is 10.1 Å². The molecule has 0 aromatic heterocycles. The van der Waals surface area contributed by atoms with Crippen molar-refractivity contribution in [3.05, 3.63) is 22.7 Å². The van der Waals surface area contributed by atoms with Gasteiger partial charge in [-0.2, -0.15) is 0 Å². The Hall–Kier alpha value is -1.55. The van der Waals surface area contributed by atoms with Crippen LogP contribution in [0.4, 0.5) is 5.69 Å². The molecule has 0 saturated heterocycles. The van der Waals surface area contributed by atoms with Crippen LogP contribution in [0.15, 0.2) is 12.1 Å². The number of carbonyl (C=O) groups excluding carboxylic acids is 2. The molecule has 0 spiro atoms. The summed E-state index contributed by atoms with van der Waals surface area (Å²) in [7, 11) is 0. The van der Waals surface area contributed by atoms with Crippen molar-refractivity contribution in [3.8, 4) is 5.75 Å². The first-order chi connectivity index (χ1) is 8.61. The third kappa shape index (κ3) is 4.24. The monoisotopic (exact) mass is 283 g/mol. The molecule has 0 fully saturated rings. The molecule has 1 aromatic rings. The lowest BCUT2D eigenvalue weighted by molar-refractivity contribution is -0.131. The quantitative estimate of drug-likeness (QED) is 0.667. The maximum Gasteiger partial charge on any atom is 0.308 e. The van der Waals surface area contributed by atoms with Gasteiger partial charge in [-0.3, -0.25) is 9.59 Å². The molecule has 0 heterocycles. The van der Waals surface area contributed by atoms with Crippen molar-refractivity contribution < 1.29 is 14.3 Å². The molecule has 0 unspecified atom stereocenters. The second-order valence-electron chi connectivity index (χ2n) is 5.35. The molecule has 1 aromatic carbocycles. The van der Waals surface area contributed by atoms with Crippen molar-refractivity contribution in [1.29, 1.82) is 0 Å². The second kappa shape index (κ2) is 5.61. The predicted molar refractivity (Wildman–Crippen MR) is 75.8 cm³/mol. The largest absolute Gasteiger partial charge is 0.424 e. The number of benzene rings is 1. The molecular weight excluding hydrogens is 266 g/mol. The molecule has 0 aliphatic rings. The van der Waals surface area contributed by atoms with Crippen LogP contribution in [0, 0.1) is 0 Å². The van der Waals surface area contributed by atoms with Crippen LogP contribution >= 0.6 is 11.6 Å². The maximum absolute atomic E-state index is 11.2. The third-order valence-corrected chi connectivity index (χ3v) is 2.75. The molecule has 0 atom stereocenters. The number of carbonyl (C=O) groups is 2. The molecule has 1 amide bonds. The Labute approximate surface area is 118 Å². The van der Waals surface area contributed by atoms with Crippen molar-refractivity contribution in [2.24, 2.45) is 0 Å². The van der Waals surface area contributed by atoms with Gasteiger partial charge in [0.05, 0.1) is 5.69 Å². The Morgan fingerprint density at radius 3 is 2.21 bits per heavy atom. The molecular formula is C14H18ClNO3. The Morgan fingerprint density at radius 2 is 1.79 bits per heavy atom. The van der Waals surface area contributed by atoms with Crippen LogP contribution in [-0.4, -0.2) is 11.9 Å². The van der Waals surface area contributed by atoms with Gasteiger partial charge in [-0.25, -0.2) is 0 Å². The number of esters is 1. The van der Waals surface area contributed by atoms with Gasteiger partial charge in [-0.15, -0.1) is 0 Å². The number of halogens is 1. The summed E-state index contributed by atoms with van der Waals surface area (Å²) in [6.07, 6.45) is 0. The lowest BCUT2D eigenvalue weighted by atomic mass is 9.86. The van der Waals surface area contributed by atoms with E-state index in [1.54, 1.807) is 12.1 Å². The van der Waals surface area contributed by atoms with E-state index in [2.05, 4.69) is 5.32 Å². The molecule has 1 rings (SSSR count). The number of amides is 1. The van der Waals surface area contributed by atoms with E-state index in [4.69, 9.17) is 16.3 Å². The minimum absolute atomic E-state index is 0.181. The van der Waals surface area contributed by atoms with Gasteiger partial charge < -0.3 is 10.1 Å². The zero-order valence-electron chi connectivity index (χ0n) is 11.8. The van der Waals surface area contributed by atoms with Crippen molar-refractivity contribution in [2.45, 2.75) is 40.0 Å². The van der Waals surface area contributed by atoms with E-state index in [-0.39, 0.29) is 17.1 Å². The first-order valence-corrected chi connectivity index (χ1v) is 6.29. The number of hydrogen-bond acceptors (Lipinski definition) is 3. The fourth-order valence-electron chi connectivity index (χ4n) is 1.66. The predicted octanol–water partition coefficient (Wildman–Crippen LogP) is 3.52. The van der Waals surface area contributed by atoms with E-state index in [1.807, 2.05) is 20.8 Å². The highest BCUT2D eigenvalue weighted by atomic mass is 35.5.